The number of nitrogens with zero attached hydrogens (tertiary/aromatic N) is 1. The molecule has 1 aromatic rings. The molecule has 1 rings (SSSR count). The minimum Gasteiger partial charge on any atom is -0.240 e. The molecule has 0 N–H and O–H groups in total. The van der Waals surface area contributed by atoms with Gasteiger partial charge in [0.05, 0.1) is 5.69 Å². The quantitative estimate of drug-likeness (QED) is 0.582. The predicted molar refractivity (Wildman–Crippen MR) is 46.8 cm³/mol. The predicted octanol–water partition coefficient (Wildman–Crippen LogP) is 3.57. The maximum absolute atomic E-state index is 12.2. The minimum absolute atomic E-state index is 0.0931. The Morgan fingerprint density at radius 1 is 1.50 bits per heavy atom. The fourth-order valence-corrected chi connectivity index (χ4v) is 1.29. The van der Waals surface area contributed by atoms with Gasteiger partial charge in [-0.2, -0.15) is 0 Å². The van der Waals surface area contributed by atoms with Crippen molar-refractivity contribution in [2.45, 2.75) is 11.8 Å². The van der Waals surface area contributed by atoms with Crippen LogP contribution in [0.5, 0.6) is 0 Å². The fourth-order valence-electron chi connectivity index (χ4n) is 0.768. The summed E-state index contributed by atoms with van der Waals surface area (Å²) < 4.78 is 24.3. The van der Waals surface area contributed by atoms with Crippen LogP contribution in [0.1, 0.15) is 17.7 Å². The SMILES string of the molecule is FC(F)c1cc(Cl)nc(CBr)c1. The first-order valence-corrected chi connectivity index (χ1v) is 4.64. The standard InChI is InChI=1S/C7H5BrClF2N/c8-3-5-1-4(7(10)11)2-6(9)12-5/h1-2,7H,3H2. The molecule has 1 nitrogen and oxygen atoms in total. The molecule has 0 bridgehead atoms. The van der Waals surface area contributed by atoms with Crippen molar-refractivity contribution >= 4 is 27.5 Å². The molecular weight excluding hydrogens is 251 g/mol. The molecular formula is C7H5BrClF2N. The first kappa shape index (κ1) is 9.86. The van der Waals surface area contributed by atoms with Gasteiger partial charge in [0.25, 0.3) is 6.43 Å². The van der Waals surface area contributed by atoms with Crippen molar-refractivity contribution in [2.24, 2.45) is 0 Å². The summed E-state index contributed by atoms with van der Waals surface area (Å²) in [4.78, 5) is 3.82. The van der Waals surface area contributed by atoms with Gasteiger partial charge in [0.15, 0.2) is 0 Å². The number of rotatable bonds is 2. The Balaban J connectivity index is 3.06. The molecule has 0 saturated carbocycles. The fraction of sp³-hybridized carbons (Fsp3) is 0.286. The highest BCUT2D eigenvalue weighted by Crippen LogP contribution is 2.22. The third kappa shape index (κ3) is 2.38. The molecule has 0 aliphatic carbocycles. The molecule has 1 aromatic heterocycles. The lowest BCUT2D eigenvalue weighted by molar-refractivity contribution is 0.151. The van der Waals surface area contributed by atoms with Crippen molar-refractivity contribution in [3.63, 3.8) is 0 Å². The molecule has 0 fully saturated rings. The molecule has 1 heterocycles. The average Bonchev–Trinajstić information content (AvgIpc) is 2.03. The number of halogens is 4. The van der Waals surface area contributed by atoms with Crippen LogP contribution >= 0.6 is 27.5 Å². The summed E-state index contributed by atoms with van der Waals surface area (Å²) in [5.74, 6) is 0. The lowest BCUT2D eigenvalue weighted by Crippen LogP contribution is -1.91. The Morgan fingerprint density at radius 3 is 2.67 bits per heavy atom. The summed E-state index contributed by atoms with van der Waals surface area (Å²) in [7, 11) is 0. The van der Waals surface area contributed by atoms with E-state index in [0.29, 0.717) is 11.0 Å². The van der Waals surface area contributed by atoms with E-state index in [1.165, 1.54) is 12.1 Å². The molecule has 0 aliphatic heterocycles. The normalized spacial score (nSPS) is 10.8. The summed E-state index contributed by atoms with van der Waals surface area (Å²) in [6, 6.07) is 2.49. The zero-order valence-electron chi connectivity index (χ0n) is 5.90. The smallest absolute Gasteiger partial charge is 0.240 e. The second kappa shape index (κ2) is 4.14. The van der Waals surface area contributed by atoms with Gasteiger partial charge in [-0.3, -0.25) is 0 Å². The van der Waals surface area contributed by atoms with Crippen molar-refractivity contribution in [1.29, 1.82) is 0 Å². The topological polar surface area (TPSA) is 12.9 Å². The Bertz CT molecular complexity index is 280. The summed E-state index contributed by atoms with van der Waals surface area (Å²) in [6.07, 6.45) is -2.50. The second-order valence-electron chi connectivity index (χ2n) is 2.15. The highest BCUT2D eigenvalue weighted by Gasteiger charge is 2.09. The molecule has 66 valence electrons. The third-order valence-corrected chi connectivity index (χ3v) is 2.03. The van der Waals surface area contributed by atoms with Gasteiger partial charge in [0, 0.05) is 10.9 Å². The van der Waals surface area contributed by atoms with Gasteiger partial charge in [0.1, 0.15) is 5.15 Å². The van der Waals surface area contributed by atoms with Crippen molar-refractivity contribution in [2.75, 3.05) is 0 Å². The van der Waals surface area contributed by atoms with Gasteiger partial charge in [0.2, 0.25) is 0 Å². The second-order valence-corrected chi connectivity index (χ2v) is 3.10. The Morgan fingerprint density at radius 2 is 2.17 bits per heavy atom. The molecule has 0 saturated heterocycles. The Labute approximate surface area is 81.9 Å². The largest absolute Gasteiger partial charge is 0.264 e. The van der Waals surface area contributed by atoms with E-state index in [4.69, 9.17) is 11.6 Å². The first-order chi connectivity index (χ1) is 5.63. The molecule has 0 aromatic carbocycles. The maximum atomic E-state index is 12.2. The van der Waals surface area contributed by atoms with E-state index in [0.717, 1.165) is 0 Å². The zero-order valence-corrected chi connectivity index (χ0v) is 8.24. The number of alkyl halides is 3. The van der Waals surface area contributed by atoms with Crippen LogP contribution in [0.15, 0.2) is 12.1 Å². The summed E-state index contributed by atoms with van der Waals surface area (Å²) in [5, 5.41) is 0.523. The van der Waals surface area contributed by atoms with Crippen LogP contribution in [0.4, 0.5) is 8.78 Å². The van der Waals surface area contributed by atoms with E-state index >= 15 is 0 Å². The van der Waals surface area contributed by atoms with Crippen LogP contribution < -0.4 is 0 Å². The van der Waals surface area contributed by atoms with Crippen LogP contribution in [-0.4, -0.2) is 4.98 Å². The van der Waals surface area contributed by atoms with Crippen LogP contribution in [0.2, 0.25) is 5.15 Å². The van der Waals surface area contributed by atoms with Crippen LogP contribution in [-0.2, 0) is 5.33 Å². The van der Waals surface area contributed by atoms with E-state index in [1.54, 1.807) is 0 Å². The third-order valence-electron chi connectivity index (χ3n) is 1.26. The van der Waals surface area contributed by atoms with E-state index in [-0.39, 0.29) is 10.7 Å². The molecule has 0 unspecified atom stereocenters. The average molecular weight is 256 g/mol. The van der Waals surface area contributed by atoms with Crippen molar-refractivity contribution in [1.82, 2.24) is 4.98 Å². The number of pyridine rings is 1. The van der Waals surface area contributed by atoms with E-state index in [2.05, 4.69) is 20.9 Å². The van der Waals surface area contributed by atoms with Crippen LogP contribution in [0.25, 0.3) is 0 Å². The lowest BCUT2D eigenvalue weighted by atomic mass is 10.2. The number of aromatic nitrogens is 1. The van der Waals surface area contributed by atoms with Gasteiger partial charge in [-0.25, -0.2) is 13.8 Å². The van der Waals surface area contributed by atoms with Gasteiger partial charge < -0.3 is 0 Å². The first-order valence-electron chi connectivity index (χ1n) is 3.14. The number of hydrogen-bond acceptors (Lipinski definition) is 1. The Kier molecular flexibility index (Phi) is 3.40. The minimum atomic E-state index is -2.50. The van der Waals surface area contributed by atoms with Crippen molar-refractivity contribution in [3.8, 4) is 0 Å². The van der Waals surface area contributed by atoms with Crippen LogP contribution in [0, 0.1) is 0 Å². The molecule has 12 heavy (non-hydrogen) atoms. The Hall–Kier alpha value is -0.220. The highest BCUT2D eigenvalue weighted by atomic mass is 79.9. The molecule has 0 amide bonds. The number of hydrogen-bond donors (Lipinski definition) is 0. The van der Waals surface area contributed by atoms with E-state index in [1.807, 2.05) is 0 Å². The summed E-state index contributed by atoms with van der Waals surface area (Å²) >= 11 is 8.62. The molecule has 0 aliphatic rings. The monoisotopic (exact) mass is 255 g/mol. The summed E-state index contributed by atoms with van der Waals surface area (Å²) in [6.45, 7) is 0. The van der Waals surface area contributed by atoms with Gasteiger partial charge in [-0.05, 0) is 12.1 Å². The van der Waals surface area contributed by atoms with Crippen molar-refractivity contribution in [3.05, 3.63) is 28.5 Å². The maximum Gasteiger partial charge on any atom is 0.264 e. The molecule has 0 atom stereocenters. The highest BCUT2D eigenvalue weighted by molar-refractivity contribution is 9.08. The molecule has 0 radical (unpaired) electrons. The molecule has 5 heteroatoms. The van der Waals surface area contributed by atoms with Gasteiger partial charge in [-0.15, -0.1) is 0 Å². The van der Waals surface area contributed by atoms with Crippen molar-refractivity contribution < 1.29 is 8.78 Å². The van der Waals surface area contributed by atoms with E-state index in [9.17, 15) is 8.78 Å². The van der Waals surface area contributed by atoms with Crippen LogP contribution in [0.3, 0.4) is 0 Å². The lowest BCUT2D eigenvalue weighted by Gasteiger charge is -2.01. The molecule has 0 spiro atoms. The van der Waals surface area contributed by atoms with Gasteiger partial charge >= 0.3 is 0 Å². The van der Waals surface area contributed by atoms with E-state index < -0.39 is 6.43 Å². The summed E-state index contributed by atoms with van der Waals surface area (Å²) in [5.41, 5.74) is 0.419. The zero-order chi connectivity index (χ0) is 9.14. The van der Waals surface area contributed by atoms with Gasteiger partial charge in [-0.1, -0.05) is 27.5 Å².